The van der Waals surface area contributed by atoms with Crippen LogP contribution in [0.2, 0.25) is 0 Å². The van der Waals surface area contributed by atoms with Gasteiger partial charge in [0.15, 0.2) is 5.82 Å². The summed E-state index contributed by atoms with van der Waals surface area (Å²) in [7, 11) is 4.10. The highest BCUT2D eigenvalue weighted by molar-refractivity contribution is 5.97. The fraction of sp³-hybridized carbons (Fsp3) is 0.200. The van der Waals surface area contributed by atoms with E-state index in [-0.39, 0.29) is 5.82 Å². The molecule has 2 aromatic carbocycles. The molecule has 0 saturated carbocycles. The Morgan fingerprint density at radius 1 is 0.974 bits per heavy atom. The molecule has 0 aliphatic heterocycles. The number of fused-ring (bicyclic) bond motifs is 2. The number of para-hydroxylation sites is 1. The predicted molar refractivity (Wildman–Crippen MR) is 149 cm³/mol. The van der Waals surface area contributed by atoms with Crippen LogP contribution < -0.4 is 0 Å². The van der Waals surface area contributed by atoms with E-state index >= 15 is 0 Å². The van der Waals surface area contributed by atoms with E-state index in [1.165, 1.54) is 0 Å². The van der Waals surface area contributed by atoms with Crippen molar-refractivity contribution in [1.82, 2.24) is 35.0 Å². The van der Waals surface area contributed by atoms with E-state index in [4.69, 9.17) is 4.98 Å². The summed E-state index contributed by atoms with van der Waals surface area (Å²) in [6, 6.07) is 15.2. The lowest BCUT2D eigenvalue weighted by atomic mass is 9.99. The van der Waals surface area contributed by atoms with Crippen LogP contribution in [-0.2, 0) is 6.42 Å². The van der Waals surface area contributed by atoms with E-state index in [0.717, 1.165) is 74.8 Å². The number of aryl methyl sites for hydroxylation is 2. The lowest BCUT2D eigenvalue weighted by molar-refractivity contribution is 0.400. The maximum absolute atomic E-state index is 14.6. The summed E-state index contributed by atoms with van der Waals surface area (Å²) in [6.07, 6.45) is 7.17. The van der Waals surface area contributed by atoms with Gasteiger partial charge in [0.1, 0.15) is 11.5 Å². The largest absolute Gasteiger partial charge is 0.337 e. The number of aromatic amines is 2. The second-order valence-electron chi connectivity index (χ2n) is 9.92. The quantitative estimate of drug-likeness (QED) is 0.271. The number of halogens is 1. The van der Waals surface area contributed by atoms with Crippen LogP contribution in [0.3, 0.4) is 0 Å². The lowest BCUT2D eigenvalue weighted by Crippen LogP contribution is -2.13. The Hall–Kier alpha value is -4.43. The van der Waals surface area contributed by atoms with Gasteiger partial charge in [-0.2, -0.15) is 5.10 Å². The van der Waals surface area contributed by atoms with E-state index in [0.29, 0.717) is 11.5 Å². The highest BCUT2D eigenvalue weighted by atomic mass is 19.1. The lowest BCUT2D eigenvalue weighted by Gasteiger charge is -2.10. The average molecular weight is 506 g/mol. The Labute approximate surface area is 219 Å². The van der Waals surface area contributed by atoms with E-state index in [1.807, 2.05) is 57.5 Å². The van der Waals surface area contributed by atoms with Gasteiger partial charge >= 0.3 is 0 Å². The van der Waals surface area contributed by atoms with Gasteiger partial charge < -0.3 is 9.88 Å². The molecule has 0 atom stereocenters. The first-order valence-corrected chi connectivity index (χ1v) is 12.6. The minimum absolute atomic E-state index is 0.237. The third-order valence-corrected chi connectivity index (χ3v) is 6.84. The topological polar surface area (TPSA) is 86.4 Å². The van der Waals surface area contributed by atoms with Gasteiger partial charge in [0.2, 0.25) is 0 Å². The zero-order valence-electron chi connectivity index (χ0n) is 21.6. The van der Waals surface area contributed by atoms with Crippen LogP contribution in [0, 0.1) is 12.7 Å². The number of hydrogen-bond acceptors (Lipinski definition) is 5. The van der Waals surface area contributed by atoms with Crippen LogP contribution >= 0.6 is 0 Å². The zero-order chi connectivity index (χ0) is 26.2. The van der Waals surface area contributed by atoms with Crippen LogP contribution in [0.15, 0.2) is 67.1 Å². The standard InChI is InChI=1S/C30H28FN7/c1-18-9-10-32-16-24(18)26-15-23-27(17-33-26)36-37-29(23)30-34-25-8-4-7-22(28(25)35-30)20-12-19(13-21(31)14-20)6-5-11-38(2)3/h4,7-10,12-17H,5-6,11H2,1-3H3,(H,34,35)(H,36,37). The number of rotatable bonds is 7. The molecule has 4 heterocycles. The normalized spacial score (nSPS) is 11.7. The van der Waals surface area contributed by atoms with Gasteiger partial charge in [0, 0.05) is 28.9 Å². The number of hydrogen-bond donors (Lipinski definition) is 2. The summed E-state index contributed by atoms with van der Waals surface area (Å²) < 4.78 is 14.6. The molecule has 6 rings (SSSR count). The first-order chi connectivity index (χ1) is 18.5. The molecule has 38 heavy (non-hydrogen) atoms. The molecule has 8 heteroatoms. The van der Waals surface area contributed by atoms with Crippen molar-refractivity contribution in [1.29, 1.82) is 0 Å². The van der Waals surface area contributed by atoms with E-state index in [2.05, 4.69) is 36.1 Å². The molecule has 190 valence electrons. The van der Waals surface area contributed by atoms with Crippen LogP contribution in [-0.4, -0.2) is 55.7 Å². The molecule has 4 aromatic heterocycles. The summed E-state index contributed by atoms with van der Waals surface area (Å²) in [5.74, 6) is 0.403. The molecular formula is C30H28FN7. The number of benzene rings is 2. The number of nitrogens with zero attached hydrogens (tertiary/aromatic N) is 5. The smallest absolute Gasteiger partial charge is 0.159 e. The monoisotopic (exact) mass is 505 g/mol. The Kier molecular flexibility index (Phi) is 6.17. The van der Waals surface area contributed by atoms with Gasteiger partial charge in [-0.3, -0.25) is 15.1 Å². The highest BCUT2D eigenvalue weighted by Crippen LogP contribution is 2.33. The SMILES string of the molecule is Cc1ccncc1-c1cc2c(-c3nc4c(-c5cc(F)cc(CCCN(C)C)c5)cccc4[nH]3)n[nH]c2cn1. The predicted octanol–water partition coefficient (Wildman–Crippen LogP) is 6.17. The maximum Gasteiger partial charge on any atom is 0.159 e. The highest BCUT2D eigenvalue weighted by Gasteiger charge is 2.17. The van der Waals surface area contributed by atoms with Crippen molar-refractivity contribution in [3.8, 4) is 33.9 Å². The summed E-state index contributed by atoms with van der Waals surface area (Å²) >= 11 is 0. The summed E-state index contributed by atoms with van der Waals surface area (Å²) in [5.41, 5.74) is 8.75. The number of imidazole rings is 1. The Bertz CT molecular complexity index is 1770. The molecule has 6 aromatic rings. The van der Waals surface area contributed by atoms with Crippen molar-refractivity contribution in [3.63, 3.8) is 0 Å². The van der Waals surface area contributed by atoms with Crippen LogP contribution in [0.25, 0.3) is 55.8 Å². The molecule has 0 spiro atoms. The van der Waals surface area contributed by atoms with Crippen molar-refractivity contribution in [3.05, 3.63) is 84.1 Å². The van der Waals surface area contributed by atoms with Gasteiger partial charge in [-0.25, -0.2) is 9.37 Å². The summed E-state index contributed by atoms with van der Waals surface area (Å²) in [5, 5.41) is 8.54. The zero-order valence-corrected chi connectivity index (χ0v) is 21.6. The van der Waals surface area contributed by atoms with Crippen molar-refractivity contribution < 1.29 is 4.39 Å². The van der Waals surface area contributed by atoms with Gasteiger partial charge in [-0.1, -0.05) is 18.2 Å². The van der Waals surface area contributed by atoms with Crippen LogP contribution in [0.5, 0.6) is 0 Å². The fourth-order valence-corrected chi connectivity index (χ4v) is 4.90. The molecule has 0 aliphatic carbocycles. The molecule has 0 amide bonds. The van der Waals surface area contributed by atoms with Crippen molar-refractivity contribution >= 4 is 21.9 Å². The van der Waals surface area contributed by atoms with E-state index in [1.54, 1.807) is 24.5 Å². The molecule has 2 N–H and O–H groups in total. The van der Waals surface area contributed by atoms with E-state index < -0.39 is 0 Å². The Morgan fingerprint density at radius 3 is 2.71 bits per heavy atom. The Balaban J connectivity index is 1.41. The first kappa shape index (κ1) is 23.9. The molecule has 0 unspecified atom stereocenters. The van der Waals surface area contributed by atoms with Crippen molar-refractivity contribution in [2.45, 2.75) is 19.8 Å². The summed E-state index contributed by atoms with van der Waals surface area (Å²) in [6.45, 7) is 3.00. The number of H-pyrrole nitrogens is 2. The number of pyridine rings is 2. The first-order valence-electron chi connectivity index (χ1n) is 12.6. The molecule has 0 bridgehead atoms. The minimum atomic E-state index is -0.237. The second kappa shape index (κ2) is 9.79. The second-order valence-corrected chi connectivity index (χ2v) is 9.92. The number of nitrogens with one attached hydrogen (secondary N) is 2. The minimum Gasteiger partial charge on any atom is -0.337 e. The maximum atomic E-state index is 14.6. The van der Waals surface area contributed by atoms with Crippen LogP contribution in [0.4, 0.5) is 4.39 Å². The Morgan fingerprint density at radius 2 is 1.87 bits per heavy atom. The van der Waals surface area contributed by atoms with Crippen molar-refractivity contribution in [2.75, 3.05) is 20.6 Å². The summed E-state index contributed by atoms with van der Waals surface area (Å²) in [4.78, 5) is 19.4. The molecule has 0 fully saturated rings. The third kappa shape index (κ3) is 4.54. The third-order valence-electron chi connectivity index (χ3n) is 6.84. The molecular weight excluding hydrogens is 477 g/mol. The molecule has 0 saturated heterocycles. The molecule has 0 radical (unpaired) electrons. The average Bonchev–Trinajstić information content (AvgIpc) is 3.52. The molecule has 7 nitrogen and oxygen atoms in total. The molecule has 0 aliphatic rings. The van der Waals surface area contributed by atoms with E-state index in [9.17, 15) is 4.39 Å². The fourth-order valence-electron chi connectivity index (χ4n) is 4.90. The number of aromatic nitrogens is 6. The van der Waals surface area contributed by atoms with Gasteiger partial charge in [-0.15, -0.1) is 0 Å². The van der Waals surface area contributed by atoms with Gasteiger partial charge in [-0.05, 0) is 87.4 Å². The van der Waals surface area contributed by atoms with Gasteiger partial charge in [0.05, 0.1) is 28.4 Å². The van der Waals surface area contributed by atoms with Crippen LogP contribution in [0.1, 0.15) is 17.5 Å². The van der Waals surface area contributed by atoms with Gasteiger partial charge in [0.25, 0.3) is 0 Å². The van der Waals surface area contributed by atoms with Crippen molar-refractivity contribution in [2.24, 2.45) is 0 Å².